The standard InChI is InChI=1S/C19H32O2.C17H26O2.C15H24O2.C4H6O2/c1-10-13(2)21-17-12-14(18(3,4)5)16(20-9)11-15(17)19(6,7)8;1-9-19-15-11-12(16(2,3)4)14(18-8)10-13(15)17(5,6)7;1-14(2,3)10-9-13(17-7)11(8-12(10)16)15(4,5)6;1-3-6-4(2)5/h11-13H,10H2,1-9H3;9-11H,1H2,2-8H3;8-9,16H,1-7H3;3H,1H2,2H3. The molecule has 0 radical (unpaired) electrons. The van der Waals surface area contributed by atoms with Gasteiger partial charge < -0.3 is 33.5 Å². The zero-order valence-corrected chi connectivity index (χ0v) is 44.1. The van der Waals surface area contributed by atoms with Gasteiger partial charge in [0.15, 0.2) is 0 Å². The van der Waals surface area contributed by atoms with E-state index in [1.165, 1.54) is 24.3 Å². The molecule has 0 saturated heterocycles. The number of phenolic OH excluding ortho intramolecular Hbond substituents is 1. The number of methoxy groups -OCH3 is 3. The third kappa shape index (κ3) is 18.6. The molecule has 3 rings (SSSR count). The first-order valence-electron chi connectivity index (χ1n) is 22.1. The highest BCUT2D eigenvalue weighted by Gasteiger charge is 2.29. The lowest BCUT2D eigenvalue weighted by molar-refractivity contribution is -0.135. The molecular weight excluding hydrogens is 789 g/mol. The lowest BCUT2D eigenvalue weighted by atomic mass is 9.81. The number of phenols is 1. The molecule has 1 N–H and O–H groups in total. The number of carbonyl (C=O) groups excluding carboxylic acids is 1. The van der Waals surface area contributed by atoms with E-state index in [0.29, 0.717) is 5.75 Å². The molecule has 0 aromatic heterocycles. The van der Waals surface area contributed by atoms with E-state index in [-0.39, 0.29) is 44.6 Å². The number of hydrogen-bond acceptors (Lipinski definition) is 8. The summed E-state index contributed by atoms with van der Waals surface area (Å²) >= 11 is 0. The maximum atomic E-state index is 10.2. The Kier molecular flexibility index (Phi) is 21.7. The lowest BCUT2D eigenvalue weighted by Crippen LogP contribution is -2.20. The molecule has 3 aromatic rings. The summed E-state index contributed by atoms with van der Waals surface area (Å²) in [6.07, 6.45) is 3.79. The van der Waals surface area contributed by atoms with Gasteiger partial charge in [0.25, 0.3) is 0 Å². The first kappa shape index (κ1) is 58.4. The molecule has 0 spiro atoms. The van der Waals surface area contributed by atoms with Crippen LogP contribution in [0.15, 0.2) is 62.1 Å². The van der Waals surface area contributed by atoms with Gasteiger partial charge >= 0.3 is 5.97 Å². The van der Waals surface area contributed by atoms with Gasteiger partial charge in [-0.3, -0.25) is 4.79 Å². The van der Waals surface area contributed by atoms with E-state index in [9.17, 15) is 9.90 Å². The number of ether oxygens (including phenoxy) is 6. The van der Waals surface area contributed by atoms with Gasteiger partial charge in [-0.05, 0) is 82.2 Å². The molecule has 0 amide bonds. The van der Waals surface area contributed by atoms with Crippen LogP contribution in [0.1, 0.15) is 185 Å². The molecule has 8 nitrogen and oxygen atoms in total. The number of hydrogen-bond donors (Lipinski definition) is 1. The SMILES string of the molecule is C=COC(C)=O.C=COc1cc(C(C)(C)C)c(OC)cc1C(C)(C)C.CCC(C)Oc1cc(C(C)(C)C)c(OC)cc1C(C)(C)C.COc1cc(C(C)(C)C)c(O)cc1C(C)(C)C. The number of benzene rings is 3. The van der Waals surface area contributed by atoms with Gasteiger partial charge in [0.05, 0.1) is 40.0 Å². The minimum absolute atomic E-state index is 0.00103. The van der Waals surface area contributed by atoms with Gasteiger partial charge in [0.1, 0.15) is 34.5 Å². The molecule has 1 atom stereocenters. The minimum Gasteiger partial charge on any atom is -0.508 e. The van der Waals surface area contributed by atoms with Crippen LogP contribution in [0.4, 0.5) is 0 Å². The van der Waals surface area contributed by atoms with Crippen molar-refractivity contribution in [3.05, 3.63) is 95.5 Å². The Morgan fingerprint density at radius 2 is 0.810 bits per heavy atom. The molecule has 1 unspecified atom stereocenters. The molecule has 0 saturated carbocycles. The van der Waals surface area contributed by atoms with Crippen LogP contribution >= 0.6 is 0 Å². The monoisotopic (exact) mass is 877 g/mol. The Bertz CT molecular complexity index is 1930. The highest BCUT2D eigenvalue weighted by Crippen LogP contribution is 2.44. The van der Waals surface area contributed by atoms with Crippen molar-refractivity contribution in [1.29, 1.82) is 0 Å². The van der Waals surface area contributed by atoms with Crippen LogP contribution in [0.5, 0.6) is 34.5 Å². The summed E-state index contributed by atoms with van der Waals surface area (Å²) in [5.74, 6) is 4.57. The van der Waals surface area contributed by atoms with Gasteiger partial charge in [-0.2, -0.15) is 0 Å². The van der Waals surface area contributed by atoms with Gasteiger partial charge in [0.2, 0.25) is 0 Å². The quantitative estimate of drug-likeness (QED) is 0.168. The number of aromatic hydroxyl groups is 1. The first-order chi connectivity index (χ1) is 28.4. The Morgan fingerprint density at radius 1 is 0.524 bits per heavy atom. The number of esters is 1. The lowest BCUT2D eigenvalue weighted by Gasteiger charge is -2.29. The normalized spacial score (nSPS) is 12.4. The van der Waals surface area contributed by atoms with Crippen molar-refractivity contribution in [1.82, 2.24) is 0 Å². The molecule has 0 heterocycles. The van der Waals surface area contributed by atoms with E-state index in [1.807, 2.05) is 12.1 Å². The largest absolute Gasteiger partial charge is 0.508 e. The third-order valence-electron chi connectivity index (χ3n) is 10.1. The zero-order chi connectivity index (χ0) is 49.7. The summed E-state index contributed by atoms with van der Waals surface area (Å²) in [5, 5.41) is 10.2. The maximum Gasteiger partial charge on any atom is 0.307 e. The van der Waals surface area contributed by atoms with Crippen molar-refractivity contribution in [2.24, 2.45) is 0 Å². The molecule has 0 aliphatic heterocycles. The van der Waals surface area contributed by atoms with Crippen molar-refractivity contribution in [2.45, 2.75) is 190 Å². The summed E-state index contributed by atoms with van der Waals surface area (Å²) in [4.78, 5) is 9.75. The minimum atomic E-state index is -0.329. The average molecular weight is 877 g/mol. The molecule has 3 aromatic carbocycles. The van der Waals surface area contributed by atoms with Crippen LogP contribution in [-0.4, -0.2) is 38.5 Å². The van der Waals surface area contributed by atoms with Crippen LogP contribution in [-0.2, 0) is 42.0 Å². The highest BCUT2D eigenvalue weighted by atomic mass is 16.5. The summed E-state index contributed by atoms with van der Waals surface area (Å²) in [6.45, 7) is 51.2. The van der Waals surface area contributed by atoms with Crippen LogP contribution in [0.25, 0.3) is 0 Å². The van der Waals surface area contributed by atoms with E-state index in [1.54, 1.807) is 21.3 Å². The van der Waals surface area contributed by atoms with E-state index >= 15 is 0 Å². The van der Waals surface area contributed by atoms with Crippen molar-refractivity contribution in [2.75, 3.05) is 21.3 Å². The predicted octanol–water partition coefficient (Wildman–Crippen LogP) is 15.0. The van der Waals surface area contributed by atoms with Gasteiger partial charge in [-0.15, -0.1) is 0 Å². The molecule has 356 valence electrons. The fourth-order valence-electron chi connectivity index (χ4n) is 6.43. The summed E-state index contributed by atoms with van der Waals surface area (Å²) in [7, 11) is 5.13. The highest BCUT2D eigenvalue weighted by molar-refractivity contribution is 5.66. The Morgan fingerprint density at radius 3 is 1.08 bits per heavy atom. The van der Waals surface area contributed by atoms with Crippen LogP contribution in [0.3, 0.4) is 0 Å². The second-order valence-corrected chi connectivity index (χ2v) is 22.1. The predicted molar refractivity (Wildman–Crippen MR) is 266 cm³/mol. The van der Waals surface area contributed by atoms with Crippen LogP contribution < -0.4 is 23.7 Å². The van der Waals surface area contributed by atoms with Crippen molar-refractivity contribution in [3.8, 4) is 34.5 Å². The zero-order valence-electron chi connectivity index (χ0n) is 44.1. The number of carbonyl (C=O) groups is 1. The van der Waals surface area contributed by atoms with Gasteiger partial charge in [-0.1, -0.05) is 145 Å². The Labute approximate surface area is 384 Å². The first-order valence-corrected chi connectivity index (χ1v) is 22.1. The second-order valence-electron chi connectivity index (χ2n) is 22.1. The van der Waals surface area contributed by atoms with Gasteiger partial charge in [-0.25, -0.2) is 0 Å². The summed E-state index contributed by atoms with van der Waals surface area (Å²) in [5.41, 5.74) is 6.51. The topological polar surface area (TPSA) is 92.7 Å². The molecule has 0 aliphatic rings. The molecule has 0 aliphatic carbocycles. The summed E-state index contributed by atoms with van der Waals surface area (Å²) in [6, 6.07) is 12.3. The Hall–Kier alpha value is -4.59. The van der Waals surface area contributed by atoms with E-state index < -0.39 is 0 Å². The van der Waals surface area contributed by atoms with E-state index in [4.69, 9.17) is 23.7 Å². The van der Waals surface area contributed by atoms with Crippen molar-refractivity contribution >= 4 is 5.97 Å². The molecule has 0 fully saturated rings. The maximum absolute atomic E-state index is 10.2. The van der Waals surface area contributed by atoms with E-state index in [0.717, 1.165) is 63.7 Å². The molecule has 63 heavy (non-hydrogen) atoms. The Balaban J connectivity index is 0.000000861. The third-order valence-corrected chi connectivity index (χ3v) is 10.1. The van der Waals surface area contributed by atoms with E-state index in [2.05, 4.69) is 181 Å². The summed E-state index contributed by atoms with van der Waals surface area (Å²) < 4.78 is 32.6. The molecular formula is C55H88O8. The van der Waals surface area contributed by atoms with Crippen LogP contribution in [0, 0.1) is 0 Å². The van der Waals surface area contributed by atoms with Crippen LogP contribution in [0.2, 0.25) is 0 Å². The second kappa shape index (κ2) is 23.4. The fourth-order valence-corrected chi connectivity index (χ4v) is 6.43. The smallest absolute Gasteiger partial charge is 0.307 e. The molecule has 0 bridgehead atoms. The van der Waals surface area contributed by atoms with Crippen molar-refractivity contribution in [3.63, 3.8) is 0 Å². The van der Waals surface area contributed by atoms with Crippen molar-refractivity contribution < 1.29 is 38.3 Å². The van der Waals surface area contributed by atoms with Gasteiger partial charge in [0, 0.05) is 40.3 Å². The number of rotatable bonds is 9. The average Bonchev–Trinajstić information content (AvgIpc) is 3.12. The fraction of sp³-hybridized carbons (Fsp3) is 0.582. The molecule has 8 heteroatoms.